The number of aliphatic hydroxyl groups excluding tert-OH is 1. The summed E-state index contributed by atoms with van der Waals surface area (Å²) in [5.41, 5.74) is 0.346. The molecular formula is C17H26N2O4S. The van der Waals surface area contributed by atoms with Gasteiger partial charge in [0.15, 0.2) is 0 Å². The Bertz CT molecular complexity index is 675. The minimum atomic E-state index is -3.51. The first-order valence-electron chi connectivity index (χ1n) is 8.15. The molecule has 1 amide bonds. The minimum Gasteiger partial charge on any atom is -0.394 e. The number of amides is 1. The van der Waals surface area contributed by atoms with Crippen molar-refractivity contribution in [2.45, 2.75) is 44.0 Å². The molecule has 1 aliphatic rings. The van der Waals surface area contributed by atoms with Gasteiger partial charge in [-0.15, -0.1) is 0 Å². The van der Waals surface area contributed by atoms with Gasteiger partial charge < -0.3 is 10.4 Å². The largest absolute Gasteiger partial charge is 0.394 e. The Morgan fingerprint density at radius 1 is 1.25 bits per heavy atom. The van der Waals surface area contributed by atoms with Gasteiger partial charge >= 0.3 is 0 Å². The molecule has 0 bridgehead atoms. The second-order valence-electron chi connectivity index (χ2n) is 7.02. The molecule has 0 saturated carbocycles. The maximum atomic E-state index is 12.6. The Hall–Kier alpha value is -1.44. The van der Waals surface area contributed by atoms with E-state index in [4.69, 9.17) is 0 Å². The van der Waals surface area contributed by atoms with Crippen LogP contribution in [-0.2, 0) is 14.8 Å². The molecule has 1 aromatic rings. The van der Waals surface area contributed by atoms with E-state index in [9.17, 15) is 18.3 Å². The highest BCUT2D eigenvalue weighted by Gasteiger charge is 2.33. The van der Waals surface area contributed by atoms with E-state index in [0.717, 1.165) is 5.56 Å². The minimum absolute atomic E-state index is 0.124. The van der Waals surface area contributed by atoms with Crippen LogP contribution < -0.4 is 5.32 Å². The lowest BCUT2D eigenvalue weighted by atomic mass is 9.95. The van der Waals surface area contributed by atoms with Gasteiger partial charge in [-0.25, -0.2) is 8.42 Å². The number of benzene rings is 1. The van der Waals surface area contributed by atoms with Crippen molar-refractivity contribution in [2.24, 2.45) is 5.92 Å². The SMILES string of the molecule is Cc1ccc(S(=O)(=O)N2CCC(C(=O)NC(C)(C)CO)CC2)cc1. The predicted molar refractivity (Wildman–Crippen MR) is 92.0 cm³/mol. The average molecular weight is 354 g/mol. The number of rotatable bonds is 5. The maximum absolute atomic E-state index is 12.6. The van der Waals surface area contributed by atoms with Crippen molar-refractivity contribution < 1.29 is 18.3 Å². The summed E-state index contributed by atoms with van der Waals surface area (Å²) in [7, 11) is -3.51. The number of nitrogens with one attached hydrogen (secondary N) is 1. The van der Waals surface area contributed by atoms with E-state index in [1.54, 1.807) is 38.1 Å². The summed E-state index contributed by atoms with van der Waals surface area (Å²) in [4.78, 5) is 12.5. The third-order valence-electron chi connectivity index (χ3n) is 4.34. The number of aryl methyl sites for hydroxylation is 1. The molecule has 0 spiro atoms. The van der Waals surface area contributed by atoms with Gasteiger partial charge in [0.1, 0.15) is 0 Å². The Labute approximate surface area is 143 Å². The van der Waals surface area contributed by atoms with Crippen LogP contribution in [0.2, 0.25) is 0 Å². The van der Waals surface area contributed by atoms with Gasteiger partial charge in [0.25, 0.3) is 0 Å². The highest BCUT2D eigenvalue weighted by atomic mass is 32.2. The second kappa shape index (κ2) is 7.21. The number of carbonyl (C=O) groups excluding carboxylic acids is 1. The van der Waals surface area contributed by atoms with E-state index >= 15 is 0 Å². The molecular weight excluding hydrogens is 328 g/mol. The third kappa shape index (κ3) is 4.34. The highest BCUT2D eigenvalue weighted by molar-refractivity contribution is 7.89. The van der Waals surface area contributed by atoms with Gasteiger partial charge in [-0.05, 0) is 45.7 Å². The monoisotopic (exact) mass is 354 g/mol. The van der Waals surface area contributed by atoms with E-state index in [-0.39, 0.29) is 23.3 Å². The smallest absolute Gasteiger partial charge is 0.243 e. The molecule has 0 atom stereocenters. The lowest BCUT2D eigenvalue weighted by Gasteiger charge is -2.33. The zero-order chi connectivity index (χ0) is 18.0. The van der Waals surface area contributed by atoms with Crippen LogP contribution >= 0.6 is 0 Å². The molecule has 0 aliphatic carbocycles. The fourth-order valence-electron chi connectivity index (χ4n) is 2.69. The Balaban J connectivity index is 1.99. The van der Waals surface area contributed by atoms with Crippen molar-refractivity contribution >= 4 is 15.9 Å². The number of aliphatic hydroxyl groups is 1. The van der Waals surface area contributed by atoms with Crippen LogP contribution in [-0.4, -0.2) is 49.0 Å². The topological polar surface area (TPSA) is 86.7 Å². The molecule has 1 aromatic carbocycles. The van der Waals surface area contributed by atoms with Crippen LogP contribution in [0.1, 0.15) is 32.3 Å². The summed E-state index contributed by atoms with van der Waals surface area (Å²) in [6, 6.07) is 6.80. The number of hydrogen-bond donors (Lipinski definition) is 2. The molecule has 24 heavy (non-hydrogen) atoms. The second-order valence-corrected chi connectivity index (χ2v) is 8.96. The number of piperidine rings is 1. The van der Waals surface area contributed by atoms with Gasteiger partial charge in [-0.3, -0.25) is 4.79 Å². The van der Waals surface area contributed by atoms with Crippen molar-refractivity contribution in [1.29, 1.82) is 0 Å². The van der Waals surface area contributed by atoms with Crippen LogP contribution in [0.25, 0.3) is 0 Å². The van der Waals surface area contributed by atoms with Crippen LogP contribution in [0, 0.1) is 12.8 Å². The molecule has 7 heteroatoms. The van der Waals surface area contributed by atoms with E-state index in [2.05, 4.69) is 5.32 Å². The normalized spacial score (nSPS) is 17.7. The summed E-state index contributed by atoms with van der Waals surface area (Å²) in [6.45, 7) is 5.93. The predicted octanol–water partition coefficient (Wildman–Crippen LogP) is 1.28. The third-order valence-corrected chi connectivity index (χ3v) is 6.25. The molecule has 1 saturated heterocycles. The van der Waals surface area contributed by atoms with Crippen LogP contribution in [0.3, 0.4) is 0 Å². The Morgan fingerprint density at radius 2 is 1.79 bits per heavy atom. The quantitative estimate of drug-likeness (QED) is 0.834. The number of sulfonamides is 1. The highest BCUT2D eigenvalue weighted by Crippen LogP contribution is 2.24. The molecule has 0 radical (unpaired) electrons. The van der Waals surface area contributed by atoms with Crippen LogP contribution in [0.4, 0.5) is 0 Å². The van der Waals surface area contributed by atoms with Crippen molar-refractivity contribution in [3.63, 3.8) is 0 Å². The zero-order valence-corrected chi connectivity index (χ0v) is 15.3. The van der Waals surface area contributed by atoms with Crippen molar-refractivity contribution in [3.8, 4) is 0 Å². The summed E-state index contributed by atoms with van der Waals surface area (Å²) in [5.74, 6) is -0.346. The molecule has 1 heterocycles. The molecule has 6 nitrogen and oxygen atoms in total. The standard InChI is InChI=1S/C17H26N2O4S/c1-13-4-6-15(7-5-13)24(22,23)19-10-8-14(9-11-19)16(21)18-17(2,3)12-20/h4-7,14,20H,8-12H2,1-3H3,(H,18,21). The summed E-state index contributed by atoms with van der Waals surface area (Å²) >= 11 is 0. The molecule has 2 rings (SSSR count). The van der Waals surface area contributed by atoms with Gasteiger partial charge in [0.05, 0.1) is 17.0 Å². The summed E-state index contributed by atoms with van der Waals surface area (Å²) in [5, 5.41) is 12.0. The first-order valence-corrected chi connectivity index (χ1v) is 9.59. The first-order chi connectivity index (χ1) is 11.2. The molecule has 0 unspecified atom stereocenters. The van der Waals surface area contributed by atoms with Gasteiger partial charge in [-0.1, -0.05) is 17.7 Å². The molecule has 1 fully saturated rings. The maximum Gasteiger partial charge on any atom is 0.243 e. The zero-order valence-electron chi connectivity index (χ0n) is 14.4. The van der Waals surface area contributed by atoms with Crippen molar-refractivity contribution in [3.05, 3.63) is 29.8 Å². The fourth-order valence-corrected chi connectivity index (χ4v) is 4.16. The van der Waals surface area contributed by atoms with Crippen molar-refractivity contribution in [2.75, 3.05) is 19.7 Å². The fraction of sp³-hybridized carbons (Fsp3) is 0.588. The number of carbonyl (C=O) groups is 1. The van der Waals surface area contributed by atoms with Crippen LogP contribution in [0.5, 0.6) is 0 Å². The summed E-state index contributed by atoms with van der Waals surface area (Å²) < 4.78 is 26.7. The van der Waals surface area contributed by atoms with Gasteiger partial charge in [-0.2, -0.15) is 4.31 Å². The molecule has 134 valence electrons. The van der Waals surface area contributed by atoms with E-state index in [1.807, 2.05) is 6.92 Å². The van der Waals surface area contributed by atoms with Gasteiger partial charge in [0, 0.05) is 19.0 Å². The lowest BCUT2D eigenvalue weighted by molar-refractivity contribution is -0.128. The van der Waals surface area contributed by atoms with E-state index < -0.39 is 15.6 Å². The Kier molecular flexibility index (Phi) is 5.67. The lowest BCUT2D eigenvalue weighted by Crippen LogP contribution is -2.50. The Morgan fingerprint density at radius 3 is 2.29 bits per heavy atom. The first kappa shape index (κ1) is 18.9. The van der Waals surface area contributed by atoms with Crippen LogP contribution in [0.15, 0.2) is 29.2 Å². The average Bonchev–Trinajstić information content (AvgIpc) is 2.55. The number of nitrogens with zero attached hydrogens (tertiary/aromatic N) is 1. The van der Waals surface area contributed by atoms with E-state index in [0.29, 0.717) is 25.9 Å². The molecule has 0 aromatic heterocycles. The molecule has 2 N–H and O–H groups in total. The number of hydrogen-bond acceptors (Lipinski definition) is 4. The summed E-state index contributed by atoms with van der Waals surface area (Å²) in [6.07, 6.45) is 0.969. The molecule has 1 aliphatic heterocycles. The van der Waals surface area contributed by atoms with Gasteiger partial charge in [0.2, 0.25) is 15.9 Å². The van der Waals surface area contributed by atoms with E-state index in [1.165, 1.54) is 4.31 Å². The van der Waals surface area contributed by atoms with Crippen molar-refractivity contribution in [1.82, 2.24) is 9.62 Å².